The van der Waals surface area contributed by atoms with Gasteiger partial charge in [-0.3, -0.25) is 4.90 Å². The van der Waals surface area contributed by atoms with E-state index in [1.807, 2.05) is 0 Å². The van der Waals surface area contributed by atoms with E-state index in [0.29, 0.717) is 11.7 Å². The normalized spacial score (nSPS) is 18.9. The van der Waals surface area contributed by atoms with Gasteiger partial charge in [0.1, 0.15) is 0 Å². The number of morpholine rings is 1. The van der Waals surface area contributed by atoms with Crippen LogP contribution in [0.2, 0.25) is 0 Å². The molecule has 1 unspecified atom stereocenters. The Kier molecular flexibility index (Phi) is 5.30. The van der Waals surface area contributed by atoms with Crippen LogP contribution in [0.15, 0.2) is 4.52 Å². The van der Waals surface area contributed by atoms with Gasteiger partial charge in [-0.05, 0) is 12.8 Å². The maximum atomic E-state index is 6.15. The molecule has 2 heterocycles. The minimum absolute atomic E-state index is 0.190. The van der Waals surface area contributed by atoms with Gasteiger partial charge in [-0.25, -0.2) is 0 Å². The molecule has 0 aliphatic carbocycles. The van der Waals surface area contributed by atoms with Crippen molar-refractivity contribution in [2.75, 3.05) is 32.8 Å². The number of nitrogens with two attached hydrogens (primary N) is 1. The van der Waals surface area contributed by atoms with Crippen molar-refractivity contribution in [3.05, 3.63) is 11.7 Å². The Bertz CT molecular complexity index is 372. The summed E-state index contributed by atoms with van der Waals surface area (Å²) in [7, 11) is 0. The van der Waals surface area contributed by atoms with E-state index in [9.17, 15) is 0 Å². The monoisotopic (exact) mass is 268 g/mol. The third-order valence-corrected chi connectivity index (χ3v) is 3.68. The van der Waals surface area contributed by atoms with Crippen molar-refractivity contribution in [1.29, 1.82) is 0 Å². The maximum Gasteiger partial charge on any atom is 0.229 e. The number of hydrogen-bond acceptors (Lipinski definition) is 6. The Balaban J connectivity index is 1.93. The van der Waals surface area contributed by atoms with E-state index in [1.165, 1.54) is 0 Å². The molecule has 1 fully saturated rings. The summed E-state index contributed by atoms with van der Waals surface area (Å²) >= 11 is 0. The van der Waals surface area contributed by atoms with Gasteiger partial charge in [0.25, 0.3) is 0 Å². The van der Waals surface area contributed by atoms with Gasteiger partial charge in [0.2, 0.25) is 5.89 Å². The number of nitrogens with zero attached hydrogens (tertiary/aromatic N) is 3. The number of rotatable bonds is 6. The predicted octanol–water partition coefficient (Wildman–Crippen LogP) is 1.31. The van der Waals surface area contributed by atoms with Gasteiger partial charge in [0.05, 0.1) is 19.3 Å². The third-order valence-electron chi connectivity index (χ3n) is 3.68. The van der Waals surface area contributed by atoms with Gasteiger partial charge in [0, 0.05) is 25.6 Å². The van der Waals surface area contributed by atoms with E-state index >= 15 is 0 Å². The Morgan fingerprint density at radius 3 is 2.58 bits per heavy atom. The lowest BCUT2D eigenvalue weighted by Gasteiger charge is -2.27. The summed E-state index contributed by atoms with van der Waals surface area (Å²) < 4.78 is 10.7. The van der Waals surface area contributed by atoms with Crippen LogP contribution in [0.5, 0.6) is 0 Å². The van der Waals surface area contributed by atoms with Crippen LogP contribution in [0.4, 0.5) is 0 Å². The lowest BCUT2D eigenvalue weighted by Crippen LogP contribution is -2.40. The van der Waals surface area contributed by atoms with Crippen molar-refractivity contribution in [1.82, 2.24) is 15.0 Å². The zero-order valence-corrected chi connectivity index (χ0v) is 11.8. The minimum Gasteiger partial charge on any atom is -0.379 e. The van der Waals surface area contributed by atoms with Crippen molar-refractivity contribution in [3.8, 4) is 0 Å². The fraction of sp³-hybridized carbons (Fsp3) is 0.846. The summed E-state index contributed by atoms with van der Waals surface area (Å²) in [6.07, 6.45) is 2.02. The van der Waals surface area contributed by atoms with Crippen molar-refractivity contribution < 1.29 is 9.26 Å². The topological polar surface area (TPSA) is 77.4 Å². The van der Waals surface area contributed by atoms with Gasteiger partial charge in [-0.2, -0.15) is 4.98 Å². The number of hydrogen-bond donors (Lipinski definition) is 1. The Hall–Kier alpha value is -0.980. The molecule has 1 aliphatic heterocycles. The molecule has 0 bridgehead atoms. The van der Waals surface area contributed by atoms with Crippen LogP contribution in [0.1, 0.15) is 50.4 Å². The predicted molar refractivity (Wildman–Crippen MR) is 71.8 cm³/mol. The van der Waals surface area contributed by atoms with E-state index in [-0.39, 0.29) is 6.04 Å². The Morgan fingerprint density at radius 2 is 1.95 bits per heavy atom. The largest absolute Gasteiger partial charge is 0.379 e. The van der Waals surface area contributed by atoms with Crippen LogP contribution >= 0.6 is 0 Å². The highest BCUT2D eigenvalue weighted by molar-refractivity contribution is 4.98. The highest BCUT2D eigenvalue weighted by Crippen LogP contribution is 2.22. The lowest BCUT2D eigenvalue weighted by molar-refractivity contribution is 0.0348. The maximum absolute atomic E-state index is 6.15. The molecule has 108 valence electrons. The van der Waals surface area contributed by atoms with Crippen molar-refractivity contribution >= 4 is 0 Å². The van der Waals surface area contributed by atoms with Crippen molar-refractivity contribution in [3.63, 3.8) is 0 Å². The molecule has 2 rings (SSSR count). The molecule has 0 amide bonds. The molecule has 1 aromatic heterocycles. The zero-order chi connectivity index (χ0) is 13.7. The van der Waals surface area contributed by atoms with Gasteiger partial charge in [-0.1, -0.05) is 19.0 Å². The first kappa shape index (κ1) is 14.4. The van der Waals surface area contributed by atoms with Crippen molar-refractivity contribution in [2.45, 2.75) is 38.6 Å². The number of aromatic nitrogens is 2. The average Bonchev–Trinajstić information content (AvgIpc) is 2.91. The molecule has 0 spiro atoms. The third kappa shape index (κ3) is 3.75. The van der Waals surface area contributed by atoms with Gasteiger partial charge < -0.3 is 15.0 Å². The summed E-state index contributed by atoms with van der Waals surface area (Å²) in [5.41, 5.74) is 6.15. The number of ether oxygens (including phenoxy) is 1. The molecular formula is C13H24N4O2. The Morgan fingerprint density at radius 1 is 1.26 bits per heavy atom. The second-order valence-corrected chi connectivity index (χ2v) is 5.02. The van der Waals surface area contributed by atoms with E-state index in [1.54, 1.807) is 0 Å². The summed E-state index contributed by atoms with van der Waals surface area (Å²) in [6, 6.07) is -0.190. The highest BCUT2D eigenvalue weighted by Gasteiger charge is 2.21. The first-order chi connectivity index (χ1) is 9.24. The molecule has 1 aromatic rings. The van der Waals surface area contributed by atoms with E-state index in [2.05, 4.69) is 28.9 Å². The summed E-state index contributed by atoms with van der Waals surface area (Å²) in [6.45, 7) is 8.41. The molecule has 1 saturated heterocycles. The SMILES string of the molecule is CCC(CC)c1nc(C(N)CN2CCOCC2)no1. The van der Waals surface area contributed by atoms with Crippen molar-refractivity contribution in [2.24, 2.45) is 5.73 Å². The van der Waals surface area contributed by atoms with Gasteiger partial charge >= 0.3 is 0 Å². The van der Waals surface area contributed by atoms with Crippen LogP contribution in [0.25, 0.3) is 0 Å². The summed E-state index contributed by atoms with van der Waals surface area (Å²) in [5, 5.41) is 4.03. The van der Waals surface area contributed by atoms with E-state index in [4.69, 9.17) is 15.0 Å². The standard InChI is InChI=1S/C13H24N4O2/c1-3-10(4-2)13-15-12(16-19-13)11(14)9-17-5-7-18-8-6-17/h10-11H,3-9,14H2,1-2H3. The minimum atomic E-state index is -0.190. The first-order valence-electron chi connectivity index (χ1n) is 7.13. The molecule has 0 radical (unpaired) electrons. The smallest absolute Gasteiger partial charge is 0.229 e. The van der Waals surface area contributed by atoms with E-state index < -0.39 is 0 Å². The molecule has 1 atom stereocenters. The zero-order valence-electron chi connectivity index (χ0n) is 11.8. The molecule has 1 aliphatic rings. The molecule has 2 N–H and O–H groups in total. The Labute approximate surface area is 114 Å². The highest BCUT2D eigenvalue weighted by atomic mass is 16.5. The van der Waals surface area contributed by atoms with Gasteiger partial charge in [0.15, 0.2) is 5.82 Å². The molecule has 19 heavy (non-hydrogen) atoms. The lowest BCUT2D eigenvalue weighted by atomic mass is 10.0. The average molecular weight is 268 g/mol. The van der Waals surface area contributed by atoms with Gasteiger partial charge in [-0.15, -0.1) is 0 Å². The molecule has 0 saturated carbocycles. The van der Waals surface area contributed by atoms with Crippen LogP contribution in [-0.4, -0.2) is 47.9 Å². The molecule has 0 aromatic carbocycles. The van der Waals surface area contributed by atoms with Crippen LogP contribution in [0, 0.1) is 0 Å². The molecule has 6 nitrogen and oxygen atoms in total. The quantitative estimate of drug-likeness (QED) is 0.838. The van der Waals surface area contributed by atoms with Crippen LogP contribution < -0.4 is 5.73 Å². The second-order valence-electron chi connectivity index (χ2n) is 5.02. The van der Waals surface area contributed by atoms with E-state index in [0.717, 1.165) is 51.6 Å². The summed E-state index contributed by atoms with van der Waals surface area (Å²) in [4.78, 5) is 6.74. The molecule has 6 heteroatoms. The fourth-order valence-corrected chi connectivity index (χ4v) is 2.35. The molecular weight excluding hydrogens is 244 g/mol. The summed E-state index contributed by atoms with van der Waals surface area (Å²) in [5.74, 6) is 1.68. The van der Waals surface area contributed by atoms with Crippen LogP contribution in [-0.2, 0) is 4.74 Å². The second kappa shape index (κ2) is 6.98. The first-order valence-corrected chi connectivity index (χ1v) is 7.13. The fourth-order valence-electron chi connectivity index (χ4n) is 2.35. The van der Waals surface area contributed by atoms with Crippen LogP contribution in [0.3, 0.4) is 0 Å².